The number of hydrogen-bond donors (Lipinski definition) is 1. The molecule has 1 unspecified atom stereocenters. The molecule has 96 valence electrons. The summed E-state index contributed by atoms with van der Waals surface area (Å²) in [6.45, 7) is 5.99. The van der Waals surface area contributed by atoms with Crippen molar-refractivity contribution in [2.75, 3.05) is 11.5 Å². The predicted molar refractivity (Wildman–Crippen MR) is 66.1 cm³/mol. The van der Waals surface area contributed by atoms with E-state index in [-0.39, 0.29) is 16.9 Å². The summed E-state index contributed by atoms with van der Waals surface area (Å²) >= 11 is 0. The van der Waals surface area contributed by atoms with Gasteiger partial charge in [0.05, 0.1) is 11.4 Å². The van der Waals surface area contributed by atoms with Gasteiger partial charge >= 0.3 is 0 Å². The molecular formula is C12H24O3S. The van der Waals surface area contributed by atoms with E-state index in [4.69, 9.17) is 0 Å². The van der Waals surface area contributed by atoms with Gasteiger partial charge in [-0.05, 0) is 37.5 Å². The molecule has 0 spiro atoms. The summed E-state index contributed by atoms with van der Waals surface area (Å²) in [4.78, 5) is 0. The van der Waals surface area contributed by atoms with Gasteiger partial charge in [-0.3, -0.25) is 0 Å². The minimum atomic E-state index is -2.88. The maximum Gasteiger partial charge on any atom is 0.150 e. The van der Waals surface area contributed by atoms with Crippen LogP contribution in [0.25, 0.3) is 0 Å². The van der Waals surface area contributed by atoms with Crippen molar-refractivity contribution >= 4 is 9.84 Å². The van der Waals surface area contributed by atoms with Crippen molar-refractivity contribution in [3.8, 4) is 0 Å². The van der Waals surface area contributed by atoms with E-state index < -0.39 is 15.4 Å². The zero-order chi connectivity index (χ0) is 12.4. The van der Waals surface area contributed by atoms with Gasteiger partial charge in [0, 0.05) is 5.75 Å². The largest absolute Gasteiger partial charge is 0.390 e. The van der Waals surface area contributed by atoms with Crippen LogP contribution in [-0.2, 0) is 9.84 Å². The molecule has 1 aliphatic rings. The molecule has 0 aliphatic heterocycles. The maximum absolute atomic E-state index is 11.3. The smallest absolute Gasteiger partial charge is 0.150 e. The van der Waals surface area contributed by atoms with Crippen LogP contribution < -0.4 is 0 Å². The lowest BCUT2D eigenvalue weighted by molar-refractivity contribution is 0.0284. The third-order valence-corrected chi connectivity index (χ3v) is 5.40. The fraction of sp³-hybridized carbons (Fsp3) is 1.00. The topological polar surface area (TPSA) is 54.4 Å². The summed E-state index contributed by atoms with van der Waals surface area (Å²) in [5, 5.41) is 10.3. The lowest BCUT2D eigenvalue weighted by Crippen LogP contribution is -2.27. The van der Waals surface area contributed by atoms with Crippen LogP contribution in [0.15, 0.2) is 0 Å². The fourth-order valence-corrected chi connectivity index (χ4v) is 3.49. The van der Waals surface area contributed by atoms with Gasteiger partial charge in [-0.1, -0.05) is 20.8 Å². The highest BCUT2D eigenvalue weighted by molar-refractivity contribution is 7.91. The summed E-state index contributed by atoms with van der Waals surface area (Å²) in [5.74, 6) is 0.420. The maximum atomic E-state index is 11.3. The quantitative estimate of drug-likeness (QED) is 0.811. The van der Waals surface area contributed by atoms with Gasteiger partial charge in [0.1, 0.15) is 9.84 Å². The standard InChI is InChI=1S/C12H24O3S/c1-4-16(14,15)9-5-6-12(13)8-7-11(2,3)10-12/h13H,4-10H2,1-3H3. The zero-order valence-electron chi connectivity index (χ0n) is 10.6. The molecule has 1 N–H and O–H groups in total. The van der Waals surface area contributed by atoms with Crippen molar-refractivity contribution < 1.29 is 13.5 Å². The molecule has 1 rings (SSSR count). The highest BCUT2D eigenvalue weighted by Crippen LogP contribution is 2.45. The Morgan fingerprint density at radius 3 is 2.31 bits per heavy atom. The second kappa shape index (κ2) is 4.65. The number of aliphatic hydroxyl groups is 1. The van der Waals surface area contributed by atoms with Gasteiger partial charge in [0.25, 0.3) is 0 Å². The van der Waals surface area contributed by atoms with Crippen LogP contribution in [0.2, 0.25) is 0 Å². The first kappa shape index (κ1) is 14.0. The van der Waals surface area contributed by atoms with Crippen LogP contribution in [-0.4, -0.2) is 30.6 Å². The Labute approximate surface area is 99.2 Å². The Morgan fingerprint density at radius 2 is 1.88 bits per heavy atom. The van der Waals surface area contributed by atoms with E-state index in [1.54, 1.807) is 6.92 Å². The van der Waals surface area contributed by atoms with E-state index in [1.165, 1.54) is 0 Å². The first-order chi connectivity index (χ1) is 7.18. The molecular weight excluding hydrogens is 224 g/mol. The summed E-state index contributed by atoms with van der Waals surface area (Å²) < 4.78 is 22.6. The molecule has 0 aromatic rings. The first-order valence-corrected chi connectivity index (χ1v) is 7.93. The van der Waals surface area contributed by atoms with Gasteiger partial charge in [0.15, 0.2) is 0 Å². The van der Waals surface area contributed by atoms with Gasteiger partial charge < -0.3 is 5.11 Å². The Hall–Kier alpha value is -0.0900. The van der Waals surface area contributed by atoms with E-state index in [9.17, 15) is 13.5 Å². The van der Waals surface area contributed by atoms with Crippen LogP contribution in [0.1, 0.15) is 52.9 Å². The first-order valence-electron chi connectivity index (χ1n) is 6.11. The normalized spacial score (nSPS) is 29.5. The monoisotopic (exact) mass is 248 g/mol. The number of sulfone groups is 1. The van der Waals surface area contributed by atoms with Crippen molar-refractivity contribution in [2.24, 2.45) is 5.41 Å². The van der Waals surface area contributed by atoms with E-state index in [0.717, 1.165) is 19.3 Å². The molecule has 0 radical (unpaired) electrons. The van der Waals surface area contributed by atoms with Crippen molar-refractivity contribution in [1.82, 2.24) is 0 Å². The van der Waals surface area contributed by atoms with Crippen molar-refractivity contribution in [2.45, 2.75) is 58.5 Å². The second-order valence-electron chi connectivity index (χ2n) is 5.91. The molecule has 3 nitrogen and oxygen atoms in total. The molecule has 0 amide bonds. The molecule has 0 heterocycles. The van der Waals surface area contributed by atoms with Crippen LogP contribution in [0.4, 0.5) is 0 Å². The van der Waals surface area contributed by atoms with Gasteiger partial charge in [0.2, 0.25) is 0 Å². The molecule has 0 bridgehead atoms. The molecule has 1 atom stereocenters. The number of rotatable bonds is 5. The predicted octanol–water partition coefficient (Wildman–Crippen LogP) is 2.14. The van der Waals surface area contributed by atoms with Crippen molar-refractivity contribution in [3.63, 3.8) is 0 Å². The van der Waals surface area contributed by atoms with E-state index in [1.807, 2.05) is 0 Å². The van der Waals surface area contributed by atoms with E-state index in [0.29, 0.717) is 12.8 Å². The molecule has 1 aliphatic carbocycles. The highest BCUT2D eigenvalue weighted by Gasteiger charge is 2.41. The average Bonchev–Trinajstić information content (AvgIpc) is 2.41. The van der Waals surface area contributed by atoms with Crippen LogP contribution in [0.3, 0.4) is 0 Å². The zero-order valence-corrected chi connectivity index (χ0v) is 11.4. The van der Waals surface area contributed by atoms with Crippen LogP contribution in [0.5, 0.6) is 0 Å². The SMILES string of the molecule is CCS(=O)(=O)CCCC1(O)CCC(C)(C)C1. The van der Waals surface area contributed by atoms with Crippen molar-refractivity contribution in [3.05, 3.63) is 0 Å². The lowest BCUT2D eigenvalue weighted by Gasteiger charge is -2.25. The fourth-order valence-electron chi connectivity index (χ4n) is 2.62. The van der Waals surface area contributed by atoms with Gasteiger partial charge in [-0.25, -0.2) is 8.42 Å². The third kappa shape index (κ3) is 4.06. The minimum absolute atomic E-state index is 0.205. The average molecular weight is 248 g/mol. The molecule has 0 aromatic carbocycles. The van der Waals surface area contributed by atoms with Crippen molar-refractivity contribution in [1.29, 1.82) is 0 Å². The van der Waals surface area contributed by atoms with E-state index >= 15 is 0 Å². The summed E-state index contributed by atoms with van der Waals surface area (Å²) in [6, 6.07) is 0. The second-order valence-corrected chi connectivity index (χ2v) is 8.38. The Kier molecular flexibility index (Phi) is 4.06. The molecule has 0 aromatic heterocycles. The summed E-state index contributed by atoms with van der Waals surface area (Å²) in [5.41, 5.74) is -0.412. The van der Waals surface area contributed by atoms with Crippen LogP contribution in [0, 0.1) is 5.41 Å². The molecule has 4 heteroatoms. The minimum Gasteiger partial charge on any atom is -0.390 e. The summed E-state index contributed by atoms with van der Waals surface area (Å²) in [7, 11) is -2.88. The Bertz CT molecular complexity index is 332. The van der Waals surface area contributed by atoms with E-state index in [2.05, 4.69) is 13.8 Å². The Balaban J connectivity index is 2.39. The molecule has 1 saturated carbocycles. The summed E-state index contributed by atoms with van der Waals surface area (Å²) in [6.07, 6.45) is 3.85. The third-order valence-electron chi connectivity index (χ3n) is 3.61. The Morgan fingerprint density at radius 1 is 1.25 bits per heavy atom. The lowest BCUT2D eigenvalue weighted by atomic mass is 9.87. The number of hydrogen-bond acceptors (Lipinski definition) is 3. The molecule has 16 heavy (non-hydrogen) atoms. The highest BCUT2D eigenvalue weighted by atomic mass is 32.2. The van der Waals surface area contributed by atoms with Gasteiger partial charge in [-0.2, -0.15) is 0 Å². The van der Waals surface area contributed by atoms with Crippen LogP contribution >= 0.6 is 0 Å². The molecule has 0 saturated heterocycles. The van der Waals surface area contributed by atoms with Gasteiger partial charge in [-0.15, -0.1) is 0 Å². The molecule has 1 fully saturated rings.